The van der Waals surface area contributed by atoms with E-state index < -0.39 is 36.7 Å². The van der Waals surface area contributed by atoms with Gasteiger partial charge in [-0.2, -0.15) is 31.6 Å². The van der Waals surface area contributed by atoms with Crippen molar-refractivity contribution in [1.82, 2.24) is 0 Å². The molecule has 10 heteroatoms. The number of benzene rings is 1. The molecule has 0 aliphatic rings. The van der Waals surface area contributed by atoms with Crippen LogP contribution in [0.1, 0.15) is 17.1 Å². The Balaban J connectivity index is 2.41. The molecule has 1 aromatic carbocycles. The summed E-state index contributed by atoms with van der Waals surface area (Å²) in [6, 6.07) is 6.86. The maximum absolute atomic E-state index is 13.1. The quantitative estimate of drug-likeness (QED) is 0.354. The van der Waals surface area contributed by atoms with Crippen molar-refractivity contribution in [2.75, 3.05) is 11.4 Å². The summed E-state index contributed by atoms with van der Waals surface area (Å²) in [7, 11) is 0. The fourth-order valence-electron chi connectivity index (χ4n) is 2.38. The minimum absolute atomic E-state index is 0.0599. The lowest BCUT2D eigenvalue weighted by atomic mass is 10.1. The lowest BCUT2D eigenvalue weighted by Gasteiger charge is -2.26. The highest BCUT2D eigenvalue weighted by Gasteiger charge is 2.36. The molecule has 0 aliphatic heterocycles. The highest BCUT2D eigenvalue weighted by Crippen LogP contribution is 2.39. The van der Waals surface area contributed by atoms with Gasteiger partial charge in [0.25, 0.3) is 0 Å². The van der Waals surface area contributed by atoms with E-state index in [9.17, 15) is 26.3 Å². The van der Waals surface area contributed by atoms with Crippen molar-refractivity contribution in [2.24, 2.45) is 0 Å². The molecule has 1 heterocycles. The molecule has 0 fully saturated rings. The molecule has 0 aliphatic carbocycles. The third-order valence-electron chi connectivity index (χ3n) is 3.49. The highest BCUT2D eigenvalue weighted by molar-refractivity contribution is 5.62. The average molecular weight is 399 g/mol. The lowest BCUT2D eigenvalue weighted by molar-refractivity contribution is -0.136. The molecule has 0 unspecified atom stereocenters. The van der Waals surface area contributed by atoms with Crippen molar-refractivity contribution >= 4 is 17.5 Å². The SMILES string of the molecule is [C-]#[N+]c1ccc(N(Cc2ccc(/C=C/C#N)o2)CC(F)(F)F)cc1C(F)(F)F. The molecule has 2 rings (SSSR count). The molecule has 0 saturated carbocycles. The first-order valence-corrected chi connectivity index (χ1v) is 7.59. The van der Waals surface area contributed by atoms with Gasteiger partial charge in [-0.25, -0.2) is 4.85 Å². The Kier molecular flexibility index (Phi) is 6.04. The van der Waals surface area contributed by atoms with Gasteiger partial charge in [0.15, 0.2) is 5.69 Å². The third-order valence-corrected chi connectivity index (χ3v) is 3.49. The van der Waals surface area contributed by atoms with Gasteiger partial charge in [0, 0.05) is 11.8 Å². The van der Waals surface area contributed by atoms with Crippen LogP contribution in [0.2, 0.25) is 0 Å². The number of halogens is 6. The zero-order valence-corrected chi connectivity index (χ0v) is 14.0. The fraction of sp³-hybridized carbons (Fsp3) is 0.222. The number of hydrogen-bond acceptors (Lipinski definition) is 3. The van der Waals surface area contributed by atoms with Crippen LogP contribution in [0.15, 0.2) is 40.8 Å². The van der Waals surface area contributed by atoms with Gasteiger partial charge in [-0.15, -0.1) is 0 Å². The molecule has 0 saturated heterocycles. The number of hydrogen-bond donors (Lipinski definition) is 0. The van der Waals surface area contributed by atoms with Crippen LogP contribution in [0, 0.1) is 17.9 Å². The third kappa shape index (κ3) is 5.55. The number of alkyl halides is 6. The van der Waals surface area contributed by atoms with E-state index in [1.54, 1.807) is 6.07 Å². The molecule has 1 aromatic heterocycles. The Hall–Kier alpha value is -3.40. The van der Waals surface area contributed by atoms with E-state index in [1.165, 1.54) is 18.2 Å². The second-order valence-corrected chi connectivity index (χ2v) is 5.55. The van der Waals surface area contributed by atoms with Crippen LogP contribution in [-0.4, -0.2) is 12.7 Å². The summed E-state index contributed by atoms with van der Waals surface area (Å²) in [4.78, 5) is 3.43. The number of nitrogens with zero attached hydrogens (tertiary/aromatic N) is 3. The first-order chi connectivity index (χ1) is 13.0. The summed E-state index contributed by atoms with van der Waals surface area (Å²) in [5, 5.41) is 8.47. The van der Waals surface area contributed by atoms with E-state index in [0.29, 0.717) is 11.0 Å². The predicted octanol–water partition coefficient (Wildman–Crippen LogP) is 5.95. The number of anilines is 1. The Morgan fingerprint density at radius 2 is 1.86 bits per heavy atom. The summed E-state index contributed by atoms with van der Waals surface area (Å²) < 4.78 is 83.5. The monoisotopic (exact) mass is 399 g/mol. The number of rotatable bonds is 5. The Bertz CT molecular complexity index is 944. The van der Waals surface area contributed by atoms with Crippen molar-refractivity contribution in [3.05, 3.63) is 64.9 Å². The van der Waals surface area contributed by atoms with Crippen LogP contribution < -0.4 is 4.90 Å². The Labute approximate surface area is 155 Å². The van der Waals surface area contributed by atoms with E-state index in [-0.39, 0.29) is 17.2 Å². The molecule has 28 heavy (non-hydrogen) atoms. The molecule has 146 valence electrons. The molecule has 0 N–H and O–H groups in total. The summed E-state index contributed by atoms with van der Waals surface area (Å²) in [5.74, 6) is 0.271. The molecule has 0 atom stereocenters. The minimum atomic E-state index is -4.89. The van der Waals surface area contributed by atoms with E-state index in [0.717, 1.165) is 18.2 Å². The molecule has 0 spiro atoms. The lowest BCUT2D eigenvalue weighted by Crippen LogP contribution is -2.33. The number of furan rings is 1. The van der Waals surface area contributed by atoms with Crippen LogP contribution in [0.3, 0.4) is 0 Å². The van der Waals surface area contributed by atoms with Gasteiger partial charge in [0.1, 0.15) is 18.1 Å². The van der Waals surface area contributed by atoms with Gasteiger partial charge in [0.05, 0.1) is 24.7 Å². The van der Waals surface area contributed by atoms with Crippen LogP contribution in [0.5, 0.6) is 0 Å². The minimum Gasteiger partial charge on any atom is -0.460 e. The van der Waals surface area contributed by atoms with E-state index in [1.807, 2.05) is 0 Å². The molecule has 0 amide bonds. The number of nitriles is 1. The van der Waals surface area contributed by atoms with E-state index >= 15 is 0 Å². The summed E-state index contributed by atoms with van der Waals surface area (Å²) in [6.07, 6.45) is -7.18. The molecule has 4 nitrogen and oxygen atoms in total. The van der Waals surface area contributed by atoms with Gasteiger partial charge in [-0.1, -0.05) is 6.07 Å². The molecular weight excluding hydrogens is 388 g/mol. The van der Waals surface area contributed by atoms with Crippen molar-refractivity contribution in [1.29, 1.82) is 5.26 Å². The maximum atomic E-state index is 13.1. The highest BCUT2D eigenvalue weighted by atomic mass is 19.4. The van der Waals surface area contributed by atoms with Crippen molar-refractivity contribution in [2.45, 2.75) is 18.9 Å². The maximum Gasteiger partial charge on any atom is 0.407 e. The van der Waals surface area contributed by atoms with E-state index in [2.05, 4.69) is 4.85 Å². The topological polar surface area (TPSA) is 44.5 Å². The van der Waals surface area contributed by atoms with Gasteiger partial charge in [-0.3, -0.25) is 0 Å². The molecule has 0 radical (unpaired) electrons. The van der Waals surface area contributed by atoms with Crippen LogP contribution in [-0.2, 0) is 12.7 Å². The standard InChI is InChI=1S/C18H11F6N3O/c1-26-16-7-4-12(9-15(16)18(22,23)24)27(11-17(19,20)21)10-14-6-5-13(28-14)3-2-8-25/h2-7,9H,10-11H2/b3-2+. The normalized spacial score (nSPS) is 12.0. The zero-order valence-electron chi connectivity index (χ0n) is 14.0. The van der Waals surface area contributed by atoms with Crippen molar-refractivity contribution < 1.29 is 30.8 Å². The zero-order chi connectivity index (χ0) is 20.9. The molecule has 2 aromatic rings. The van der Waals surface area contributed by atoms with Crippen molar-refractivity contribution in [3.63, 3.8) is 0 Å². The summed E-state index contributed by atoms with van der Waals surface area (Å²) >= 11 is 0. The van der Waals surface area contributed by atoms with Gasteiger partial charge in [0.2, 0.25) is 0 Å². The van der Waals surface area contributed by atoms with Gasteiger partial charge < -0.3 is 9.32 Å². The predicted molar refractivity (Wildman–Crippen MR) is 88.2 cm³/mol. The number of allylic oxidation sites excluding steroid dienone is 1. The Morgan fingerprint density at radius 3 is 2.43 bits per heavy atom. The van der Waals surface area contributed by atoms with Crippen LogP contribution in [0.4, 0.5) is 37.7 Å². The van der Waals surface area contributed by atoms with Crippen LogP contribution >= 0.6 is 0 Å². The first kappa shape index (κ1) is 20.9. The van der Waals surface area contributed by atoms with Gasteiger partial charge in [-0.05, 0) is 30.3 Å². The Morgan fingerprint density at radius 1 is 1.14 bits per heavy atom. The first-order valence-electron chi connectivity index (χ1n) is 7.59. The second kappa shape index (κ2) is 8.09. The molecule has 0 bridgehead atoms. The van der Waals surface area contributed by atoms with Crippen molar-refractivity contribution in [3.8, 4) is 6.07 Å². The molecular formula is C18H11F6N3O. The summed E-state index contributed by atoms with van der Waals surface area (Å²) in [6.45, 7) is 4.83. The largest absolute Gasteiger partial charge is 0.460 e. The van der Waals surface area contributed by atoms with Gasteiger partial charge >= 0.3 is 12.4 Å². The van der Waals surface area contributed by atoms with E-state index in [4.69, 9.17) is 16.3 Å². The smallest absolute Gasteiger partial charge is 0.407 e. The average Bonchev–Trinajstić information content (AvgIpc) is 3.04. The second-order valence-electron chi connectivity index (χ2n) is 5.55. The fourth-order valence-corrected chi connectivity index (χ4v) is 2.38. The van der Waals surface area contributed by atoms with Crippen LogP contribution in [0.25, 0.3) is 10.9 Å². The summed E-state index contributed by atoms with van der Waals surface area (Å²) in [5.41, 5.74) is -2.38.